The minimum atomic E-state index is -0.263. The molecule has 0 fully saturated rings. The van der Waals surface area contributed by atoms with Gasteiger partial charge in [-0.15, -0.1) is 0 Å². The van der Waals surface area contributed by atoms with Crippen molar-refractivity contribution in [3.63, 3.8) is 0 Å². The van der Waals surface area contributed by atoms with E-state index in [1.54, 1.807) is 6.92 Å². The van der Waals surface area contributed by atoms with Gasteiger partial charge >= 0.3 is 0 Å². The molecule has 1 aromatic rings. The van der Waals surface area contributed by atoms with Gasteiger partial charge in [0.1, 0.15) is 11.6 Å². The summed E-state index contributed by atoms with van der Waals surface area (Å²) in [6.45, 7) is 3.97. The third-order valence-corrected chi connectivity index (χ3v) is 2.04. The maximum Gasteiger partial charge on any atom is 0.253 e. The molecular formula is C12H19N3O2. The van der Waals surface area contributed by atoms with Crippen molar-refractivity contribution in [1.82, 2.24) is 9.88 Å². The van der Waals surface area contributed by atoms with Crippen molar-refractivity contribution in [2.24, 2.45) is 0 Å². The highest BCUT2D eigenvalue weighted by atomic mass is 16.3. The number of hydrogen-bond acceptors (Lipinski definition) is 4. The van der Waals surface area contributed by atoms with Crippen LogP contribution in [0.2, 0.25) is 0 Å². The van der Waals surface area contributed by atoms with Gasteiger partial charge in [-0.25, -0.2) is 0 Å². The maximum atomic E-state index is 11.4. The molecular weight excluding hydrogens is 218 g/mol. The van der Waals surface area contributed by atoms with Crippen molar-refractivity contribution < 1.29 is 5.11 Å². The Kier molecular flexibility index (Phi) is 6.68. The van der Waals surface area contributed by atoms with Crippen molar-refractivity contribution in [3.8, 4) is 11.9 Å². The number of nitriles is 1. The third-order valence-electron chi connectivity index (χ3n) is 2.04. The molecule has 0 aromatic carbocycles. The minimum Gasteiger partial charge on any atom is -0.493 e. The summed E-state index contributed by atoms with van der Waals surface area (Å²) in [4.78, 5) is 11.4. The number of hydrogen-bond donors (Lipinski definition) is 2. The van der Waals surface area contributed by atoms with E-state index in [2.05, 4.69) is 5.32 Å². The van der Waals surface area contributed by atoms with Crippen LogP contribution in [0.3, 0.4) is 0 Å². The first-order chi connectivity index (χ1) is 8.03. The monoisotopic (exact) mass is 237 g/mol. The van der Waals surface area contributed by atoms with Crippen molar-refractivity contribution >= 4 is 0 Å². The fourth-order valence-electron chi connectivity index (χ4n) is 1.33. The lowest BCUT2D eigenvalue weighted by molar-refractivity contribution is 0.402. The Morgan fingerprint density at radius 2 is 2.06 bits per heavy atom. The van der Waals surface area contributed by atoms with Crippen LogP contribution in [0.1, 0.15) is 24.5 Å². The number of aromatic nitrogens is 1. The highest BCUT2D eigenvalue weighted by Gasteiger charge is 2.10. The Balaban J connectivity index is 0.000000770. The number of pyridine rings is 1. The van der Waals surface area contributed by atoms with Gasteiger partial charge in [-0.3, -0.25) is 9.36 Å². The van der Waals surface area contributed by atoms with E-state index in [4.69, 9.17) is 5.26 Å². The summed E-state index contributed by atoms with van der Waals surface area (Å²) in [5, 5.41) is 21.1. The van der Waals surface area contributed by atoms with Crippen LogP contribution in [0.4, 0.5) is 0 Å². The molecule has 0 amide bonds. The third kappa shape index (κ3) is 3.93. The van der Waals surface area contributed by atoms with Crippen LogP contribution in [0.15, 0.2) is 10.9 Å². The molecule has 1 heterocycles. The molecule has 1 rings (SSSR count). The fourth-order valence-corrected chi connectivity index (χ4v) is 1.33. The second kappa shape index (κ2) is 7.47. The molecule has 0 aliphatic rings. The first-order valence-corrected chi connectivity index (χ1v) is 5.45. The topological polar surface area (TPSA) is 78.1 Å². The Labute approximate surface area is 101 Å². The van der Waals surface area contributed by atoms with Crippen LogP contribution in [0.25, 0.3) is 0 Å². The summed E-state index contributed by atoms with van der Waals surface area (Å²) < 4.78 is 1.21. The lowest BCUT2D eigenvalue weighted by Crippen LogP contribution is -2.20. The first-order valence-electron chi connectivity index (χ1n) is 5.45. The second-order valence-corrected chi connectivity index (χ2v) is 3.63. The quantitative estimate of drug-likeness (QED) is 0.803. The summed E-state index contributed by atoms with van der Waals surface area (Å²) >= 11 is 0. The molecule has 0 unspecified atom stereocenters. The highest BCUT2D eigenvalue weighted by molar-refractivity contribution is 5.43. The van der Waals surface area contributed by atoms with Gasteiger partial charge in [0.15, 0.2) is 0 Å². The molecule has 0 saturated heterocycles. The predicted octanol–water partition coefficient (Wildman–Crippen LogP) is 0.980. The van der Waals surface area contributed by atoms with E-state index in [9.17, 15) is 9.90 Å². The number of aromatic hydroxyl groups is 1. The largest absolute Gasteiger partial charge is 0.493 e. The summed E-state index contributed by atoms with van der Waals surface area (Å²) in [6, 6.07) is 3.25. The number of nitrogens with zero attached hydrogens (tertiary/aromatic N) is 2. The summed E-state index contributed by atoms with van der Waals surface area (Å²) in [5.74, 6) is -0.223. The molecule has 5 heteroatoms. The van der Waals surface area contributed by atoms with Crippen LogP contribution in [0.5, 0.6) is 5.88 Å². The molecule has 0 radical (unpaired) electrons. The van der Waals surface area contributed by atoms with E-state index < -0.39 is 0 Å². The SMILES string of the molecule is CCCn1c(O)c(C#N)c(C)cc1=O.CNC. The van der Waals surface area contributed by atoms with E-state index in [-0.39, 0.29) is 17.0 Å². The van der Waals surface area contributed by atoms with Gasteiger partial charge in [0.25, 0.3) is 5.56 Å². The van der Waals surface area contributed by atoms with Crippen molar-refractivity contribution in [1.29, 1.82) is 5.26 Å². The zero-order valence-corrected chi connectivity index (χ0v) is 10.7. The van der Waals surface area contributed by atoms with Gasteiger partial charge in [0.2, 0.25) is 5.88 Å². The number of rotatable bonds is 2. The molecule has 2 N–H and O–H groups in total. The Morgan fingerprint density at radius 3 is 2.47 bits per heavy atom. The van der Waals surface area contributed by atoms with Gasteiger partial charge in [0, 0.05) is 12.6 Å². The van der Waals surface area contributed by atoms with Gasteiger partial charge in [-0.1, -0.05) is 6.92 Å². The Hall–Kier alpha value is -1.80. The zero-order chi connectivity index (χ0) is 13.4. The molecule has 5 nitrogen and oxygen atoms in total. The second-order valence-electron chi connectivity index (χ2n) is 3.63. The standard InChI is InChI=1S/C10H12N2O2.C2H7N/c1-3-4-12-9(13)5-7(2)8(6-11)10(12)14;1-3-2/h5,14H,3-4H2,1-2H3;3H,1-2H3. The first kappa shape index (κ1) is 15.2. The number of aryl methyl sites for hydroxylation is 1. The average molecular weight is 237 g/mol. The van der Waals surface area contributed by atoms with Gasteiger partial charge in [-0.05, 0) is 33.0 Å². The minimum absolute atomic E-state index is 0.179. The number of nitrogens with one attached hydrogen (secondary N) is 1. The lowest BCUT2D eigenvalue weighted by atomic mass is 10.1. The molecule has 0 saturated carbocycles. The molecule has 0 bridgehead atoms. The molecule has 94 valence electrons. The normalized spacial score (nSPS) is 9.12. The zero-order valence-electron chi connectivity index (χ0n) is 10.7. The van der Waals surface area contributed by atoms with Crippen LogP contribution < -0.4 is 10.9 Å². The molecule has 0 aliphatic heterocycles. The smallest absolute Gasteiger partial charge is 0.253 e. The van der Waals surface area contributed by atoms with Crippen LogP contribution in [-0.4, -0.2) is 23.8 Å². The van der Waals surface area contributed by atoms with Crippen molar-refractivity contribution in [2.75, 3.05) is 14.1 Å². The lowest BCUT2D eigenvalue weighted by Gasteiger charge is -2.09. The van der Waals surface area contributed by atoms with Crippen LogP contribution in [0, 0.1) is 18.3 Å². The molecule has 0 spiro atoms. The van der Waals surface area contributed by atoms with Crippen LogP contribution in [-0.2, 0) is 6.54 Å². The molecule has 0 aliphatic carbocycles. The predicted molar refractivity (Wildman–Crippen MR) is 67.1 cm³/mol. The van der Waals surface area contributed by atoms with Crippen molar-refractivity contribution in [2.45, 2.75) is 26.8 Å². The average Bonchev–Trinajstić information content (AvgIpc) is 2.25. The summed E-state index contributed by atoms with van der Waals surface area (Å²) in [5.41, 5.74) is 0.432. The van der Waals surface area contributed by atoms with Crippen LogP contribution >= 0.6 is 0 Å². The Morgan fingerprint density at radius 1 is 1.53 bits per heavy atom. The van der Waals surface area contributed by atoms with Gasteiger partial charge in [-0.2, -0.15) is 5.26 Å². The fraction of sp³-hybridized carbons (Fsp3) is 0.500. The summed E-state index contributed by atoms with van der Waals surface area (Å²) in [6.07, 6.45) is 0.737. The van der Waals surface area contributed by atoms with E-state index in [0.29, 0.717) is 12.1 Å². The molecule has 1 aromatic heterocycles. The highest BCUT2D eigenvalue weighted by Crippen LogP contribution is 2.17. The van der Waals surface area contributed by atoms with E-state index in [1.807, 2.05) is 27.1 Å². The molecule has 17 heavy (non-hydrogen) atoms. The van der Waals surface area contributed by atoms with E-state index >= 15 is 0 Å². The van der Waals surface area contributed by atoms with E-state index in [0.717, 1.165) is 6.42 Å². The van der Waals surface area contributed by atoms with Crippen molar-refractivity contribution in [3.05, 3.63) is 27.5 Å². The van der Waals surface area contributed by atoms with E-state index in [1.165, 1.54) is 10.6 Å². The Bertz CT molecular complexity index is 458. The van der Waals surface area contributed by atoms with Gasteiger partial charge < -0.3 is 10.4 Å². The summed E-state index contributed by atoms with van der Waals surface area (Å²) in [7, 11) is 3.75. The molecule has 0 atom stereocenters. The maximum absolute atomic E-state index is 11.4. The van der Waals surface area contributed by atoms with Gasteiger partial charge in [0.05, 0.1) is 0 Å².